The monoisotopic (exact) mass is 412 g/mol. The van der Waals surface area contributed by atoms with Gasteiger partial charge in [-0.15, -0.1) is 0 Å². The maximum absolute atomic E-state index is 14.7. The molecule has 2 saturated heterocycles. The van der Waals surface area contributed by atoms with Crippen LogP contribution in [0.5, 0.6) is 0 Å². The minimum Gasteiger partial charge on any atom is -0.383 e. The molecule has 0 saturated carbocycles. The van der Waals surface area contributed by atoms with Crippen molar-refractivity contribution in [1.82, 2.24) is 29.5 Å². The molecule has 0 amide bonds. The molecule has 2 aliphatic heterocycles. The molecular formula is C20H25FN8O. The fourth-order valence-electron chi connectivity index (χ4n) is 4.65. The van der Waals surface area contributed by atoms with Crippen molar-refractivity contribution in [2.24, 2.45) is 11.8 Å². The number of hydrogen-bond acceptors (Lipinski definition) is 8. The average molecular weight is 412 g/mol. The Morgan fingerprint density at radius 3 is 2.33 bits per heavy atom. The van der Waals surface area contributed by atoms with Gasteiger partial charge < -0.3 is 19.1 Å². The molecule has 0 bridgehead atoms. The molecule has 0 aromatic carbocycles. The molecular weight excluding hydrogens is 387 g/mol. The van der Waals surface area contributed by atoms with Gasteiger partial charge in [-0.25, -0.2) is 29.3 Å². The van der Waals surface area contributed by atoms with Crippen LogP contribution in [-0.4, -0.2) is 69.4 Å². The van der Waals surface area contributed by atoms with Gasteiger partial charge in [0.05, 0.1) is 18.6 Å². The second kappa shape index (κ2) is 7.75. The van der Waals surface area contributed by atoms with Crippen molar-refractivity contribution >= 4 is 22.8 Å². The number of aryl methyl sites for hydroxylation is 1. The maximum Gasteiger partial charge on any atom is 0.187 e. The number of methoxy groups -OCH3 is 1. The van der Waals surface area contributed by atoms with Crippen molar-refractivity contribution in [2.75, 3.05) is 49.7 Å². The summed E-state index contributed by atoms with van der Waals surface area (Å²) in [6, 6.07) is 0. The summed E-state index contributed by atoms with van der Waals surface area (Å²) in [7, 11) is 1.68. The highest BCUT2D eigenvalue weighted by atomic mass is 19.1. The van der Waals surface area contributed by atoms with Crippen LogP contribution in [0.4, 0.5) is 16.0 Å². The molecule has 0 N–H and O–H groups in total. The van der Waals surface area contributed by atoms with Crippen LogP contribution < -0.4 is 9.80 Å². The molecule has 0 radical (unpaired) electrons. The molecule has 3 aromatic rings. The van der Waals surface area contributed by atoms with Crippen LogP contribution in [0.1, 0.15) is 12.6 Å². The van der Waals surface area contributed by atoms with E-state index in [1.165, 1.54) is 6.33 Å². The smallest absolute Gasteiger partial charge is 0.187 e. The van der Waals surface area contributed by atoms with E-state index in [1.807, 2.05) is 11.5 Å². The van der Waals surface area contributed by atoms with Crippen molar-refractivity contribution in [3.05, 3.63) is 30.5 Å². The zero-order chi connectivity index (χ0) is 20.7. The van der Waals surface area contributed by atoms with E-state index < -0.39 is 0 Å². The predicted octanol–water partition coefficient (Wildman–Crippen LogP) is 1.54. The lowest BCUT2D eigenvalue weighted by atomic mass is 10.0. The fourth-order valence-corrected chi connectivity index (χ4v) is 4.65. The molecule has 2 aliphatic rings. The minimum absolute atomic E-state index is 0.282. The van der Waals surface area contributed by atoms with Crippen LogP contribution in [0.3, 0.4) is 0 Å². The van der Waals surface area contributed by atoms with Crippen molar-refractivity contribution in [1.29, 1.82) is 0 Å². The number of imidazole rings is 1. The Morgan fingerprint density at radius 2 is 1.63 bits per heavy atom. The number of ether oxygens (including phenoxy) is 1. The van der Waals surface area contributed by atoms with E-state index >= 15 is 0 Å². The van der Waals surface area contributed by atoms with Crippen molar-refractivity contribution in [3.8, 4) is 0 Å². The Labute approximate surface area is 173 Å². The molecule has 2 unspecified atom stereocenters. The maximum atomic E-state index is 14.7. The summed E-state index contributed by atoms with van der Waals surface area (Å²) in [5, 5.41) is 0. The number of halogens is 1. The third kappa shape index (κ3) is 3.15. The summed E-state index contributed by atoms with van der Waals surface area (Å²) in [5.74, 6) is 1.90. The molecule has 3 aromatic heterocycles. The number of fused-ring (bicyclic) bond motifs is 2. The minimum atomic E-state index is -0.282. The van der Waals surface area contributed by atoms with Crippen molar-refractivity contribution in [3.63, 3.8) is 0 Å². The van der Waals surface area contributed by atoms with E-state index in [-0.39, 0.29) is 5.82 Å². The molecule has 5 rings (SSSR count). The van der Waals surface area contributed by atoms with Crippen LogP contribution >= 0.6 is 0 Å². The summed E-state index contributed by atoms with van der Waals surface area (Å²) >= 11 is 0. The van der Waals surface area contributed by atoms with Gasteiger partial charge in [0.2, 0.25) is 0 Å². The van der Waals surface area contributed by atoms with Gasteiger partial charge in [0, 0.05) is 51.7 Å². The van der Waals surface area contributed by atoms with Crippen LogP contribution in [0.2, 0.25) is 0 Å². The van der Waals surface area contributed by atoms with E-state index in [9.17, 15) is 4.39 Å². The standard InChI is InChI=1S/C20H25FN8O/c1-3-15-16(21)18(23-10-22-15)28-6-13-8-29(9-14(13)7-28)20-17-19(24-11-25-20)27(12-26-17)4-5-30-2/h10-14H,3-9H2,1-2H3. The van der Waals surface area contributed by atoms with Gasteiger partial charge in [-0.1, -0.05) is 6.92 Å². The van der Waals surface area contributed by atoms with Gasteiger partial charge in [0.15, 0.2) is 28.6 Å². The van der Waals surface area contributed by atoms with E-state index in [1.54, 1.807) is 19.8 Å². The molecule has 2 fully saturated rings. The van der Waals surface area contributed by atoms with Gasteiger partial charge in [-0.2, -0.15) is 0 Å². The second-order valence-corrected chi connectivity index (χ2v) is 7.94. The fraction of sp³-hybridized carbons (Fsp3) is 0.550. The van der Waals surface area contributed by atoms with E-state index in [2.05, 4.69) is 34.7 Å². The Bertz CT molecular complexity index is 1040. The van der Waals surface area contributed by atoms with E-state index in [0.717, 1.165) is 43.2 Å². The van der Waals surface area contributed by atoms with Gasteiger partial charge >= 0.3 is 0 Å². The molecule has 0 spiro atoms. The van der Waals surface area contributed by atoms with E-state index in [0.29, 0.717) is 42.9 Å². The summed E-state index contributed by atoms with van der Waals surface area (Å²) in [4.78, 5) is 26.2. The summed E-state index contributed by atoms with van der Waals surface area (Å²) in [6.45, 7) is 6.52. The van der Waals surface area contributed by atoms with Crippen molar-refractivity contribution < 1.29 is 9.13 Å². The summed E-state index contributed by atoms with van der Waals surface area (Å²) in [5.41, 5.74) is 2.12. The summed E-state index contributed by atoms with van der Waals surface area (Å²) in [6.07, 6.45) is 5.43. The van der Waals surface area contributed by atoms with Crippen LogP contribution in [0.25, 0.3) is 11.2 Å². The molecule has 0 aliphatic carbocycles. The molecule has 5 heterocycles. The number of hydrogen-bond donors (Lipinski definition) is 0. The van der Waals surface area contributed by atoms with Crippen molar-refractivity contribution in [2.45, 2.75) is 19.9 Å². The lowest BCUT2D eigenvalue weighted by Crippen LogP contribution is -2.30. The zero-order valence-electron chi connectivity index (χ0n) is 17.2. The molecule has 30 heavy (non-hydrogen) atoms. The van der Waals surface area contributed by atoms with Gasteiger partial charge in [-0.3, -0.25) is 0 Å². The molecule has 9 nitrogen and oxygen atoms in total. The number of aromatic nitrogens is 6. The van der Waals surface area contributed by atoms with Crippen LogP contribution in [0.15, 0.2) is 19.0 Å². The third-order valence-corrected chi connectivity index (χ3v) is 6.18. The van der Waals surface area contributed by atoms with Gasteiger partial charge in [-0.05, 0) is 6.42 Å². The lowest BCUT2D eigenvalue weighted by Gasteiger charge is -2.23. The zero-order valence-corrected chi connectivity index (χ0v) is 17.2. The van der Waals surface area contributed by atoms with Gasteiger partial charge in [0.1, 0.15) is 12.7 Å². The molecule has 2 atom stereocenters. The quantitative estimate of drug-likeness (QED) is 0.603. The Morgan fingerprint density at radius 1 is 0.967 bits per heavy atom. The number of nitrogens with zero attached hydrogens (tertiary/aromatic N) is 8. The van der Waals surface area contributed by atoms with Crippen LogP contribution in [-0.2, 0) is 17.7 Å². The molecule has 10 heteroatoms. The highest BCUT2D eigenvalue weighted by molar-refractivity contribution is 5.83. The average Bonchev–Trinajstić information content (AvgIpc) is 3.45. The topological polar surface area (TPSA) is 85.1 Å². The highest BCUT2D eigenvalue weighted by Crippen LogP contribution is 2.37. The van der Waals surface area contributed by atoms with E-state index in [4.69, 9.17) is 4.74 Å². The first-order valence-corrected chi connectivity index (χ1v) is 10.3. The largest absolute Gasteiger partial charge is 0.383 e. The normalized spacial score (nSPS) is 21.0. The highest BCUT2D eigenvalue weighted by Gasteiger charge is 2.42. The first kappa shape index (κ1) is 19.1. The Kier molecular flexibility index (Phi) is 4.93. The second-order valence-electron chi connectivity index (χ2n) is 7.94. The predicted molar refractivity (Wildman–Crippen MR) is 110 cm³/mol. The SMILES string of the molecule is CCc1ncnc(N2CC3CN(c4ncnc5c4ncn5CCOC)CC3C2)c1F. The Balaban J connectivity index is 1.33. The third-order valence-electron chi connectivity index (χ3n) is 6.18. The number of rotatable bonds is 6. The van der Waals surface area contributed by atoms with Gasteiger partial charge in [0.25, 0.3) is 0 Å². The first-order chi connectivity index (χ1) is 14.7. The lowest BCUT2D eigenvalue weighted by molar-refractivity contribution is 0.188. The Hall–Kier alpha value is -2.88. The number of anilines is 2. The molecule has 158 valence electrons. The van der Waals surface area contributed by atoms with Crippen LogP contribution in [0, 0.1) is 17.7 Å². The first-order valence-electron chi connectivity index (χ1n) is 10.3. The summed E-state index contributed by atoms with van der Waals surface area (Å²) < 4.78 is 21.9.